The summed E-state index contributed by atoms with van der Waals surface area (Å²) in [6, 6.07) is 2.24. The molecule has 18 heavy (non-hydrogen) atoms. The maximum absolute atomic E-state index is 13.1. The number of halogens is 2. The molecule has 2 rings (SSSR count). The van der Waals surface area contributed by atoms with Gasteiger partial charge in [0.05, 0.1) is 0 Å². The maximum atomic E-state index is 13.1. The first-order chi connectivity index (χ1) is 8.48. The minimum absolute atomic E-state index is 0.0367. The minimum Gasteiger partial charge on any atom is -0.354 e. The molecule has 0 radical (unpaired) electrons. The third-order valence-corrected chi connectivity index (χ3v) is 3.81. The number of nitrogens with two attached hydrogens (primary N) is 1. The van der Waals surface area contributed by atoms with Crippen LogP contribution in [0.2, 0.25) is 0 Å². The fourth-order valence-electron chi connectivity index (χ4n) is 2.67. The molecular weight excluding hydrogens is 234 g/mol. The van der Waals surface area contributed by atoms with Crippen molar-refractivity contribution in [2.75, 3.05) is 0 Å². The van der Waals surface area contributed by atoms with Crippen molar-refractivity contribution in [2.45, 2.75) is 57.5 Å². The second kappa shape index (κ2) is 5.39. The molecule has 0 amide bonds. The van der Waals surface area contributed by atoms with Crippen molar-refractivity contribution in [3.05, 3.63) is 24.0 Å². The normalized spacial score (nSPS) is 24.3. The monoisotopic (exact) mass is 256 g/mol. The van der Waals surface area contributed by atoms with Gasteiger partial charge >= 0.3 is 0 Å². The topological polar surface area (TPSA) is 30.9 Å². The zero-order valence-electron chi connectivity index (χ0n) is 10.9. The number of alkyl halides is 2. The van der Waals surface area contributed by atoms with Crippen molar-refractivity contribution in [3.8, 4) is 0 Å². The van der Waals surface area contributed by atoms with Crippen LogP contribution in [-0.4, -0.2) is 16.5 Å². The van der Waals surface area contributed by atoms with Gasteiger partial charge < -0.3 is 10.3 Å². The summed E-state index contributed by atoms with van der Waals surface area (Å²) in [5.74, 6) is -2.33. The summed E-state index contributed by atoms with van der Waals surface area (Å²) >= 11 is 0. The highest BCUT2D eigenvalue weighted by atomic mass is 19.3. The highest BCUT2D eigenvalue weighted by molar-refractivity contribution is 5.12. The highest BCUT2D eigenvalue weighted by Gasteiger charge is 2.39. The molecule has 1 saturated carbocycles. The molecule has 0 bridgehead atoms. The Morgan fingerprint density at radius 3 is 2.94 bits per heavy atom. The summed E-state index contributed by atoms with van der Waals surface area (Å²) in [5, 5.41) is 0. The number of hydrogen-bond donors (Lipinski definition) is 1. The van der Waals surface area contributed by atoms with Crippen LogP contribution >= 0.6 is 0 Å². The molecule has 0 saturated heterocycles. The average molecular weight is 256 g/mol. The lowest BCUT2D eigenvalue weighted by molar-refractivity contribution is 0.00437. The van der Waals surface area contributed by atoms with Crippen molar-refractivity contribution >= 4 is 0 Å². The van der Waals surface area contributed by atoms with E-state index in [1.165, 1.54) is 5.56 Å². The predicted octanol–water partition coefficient (Wildman–Crippen LogP) is 3.20. The Hall–Kier alpha value is -0.900. The number of rotatable bonds is 5. The number of nitrogens with zero attached hydrogens (tertiary/aromatic N) is 1. The first-order valence-electron chi connectivity index (χ1n) is 6.76. The smallest absolute Gasteiger partial charge is 0.248 e. The van der Waals surface area contributed by atoms with Crippen LogP contribution in [0.15, 0.2) is 18.5 Å². The molecular formula is C14H22F2N2. The molecule has 2 unspecified atom stereocenters. The van der Waals surface area contributed by atoms with Gasteiger partial charge in [-0.3, -0.25) is 0 Å². The molecule has 2 atom stereocenters. The maximum Gasteiger partial charge on any atom is 0.248 e. The van der Waals surface area contributed by atoms with E-state index in [4.69, 9.17) is 5.73 Å². The summed E-state index contributed by atoms with van der Waals surface area (Å²) in [7, 11) is 0. The number of aromatic nitrogens is 1. The van der Waals surface area contributed by atoms with E-state index < -0.39 is 5.92 Å². The molecule has 1 aromatic rings. The lowest BCUT2D eigenvalue weighted by Crippen LogP contribution is -2.21. The van der Waals surface area contributed by atoms with E-state index in [-0.39, 0.29) is 24.8 Å². The van der Waals surface area contributed by atoms with E-state index in [2.05, 4.69) is 6.92 Å². The molecule has 0 spiro atoms. The largest absolute Gasteiger partial charge is 0.354 e. The fourth-order valence-corrected chi connectivity index (χ4v) is 2.67. The van der Waals surface area contributed by atoms with Crippen molar-refractivity contribution in [3.63, 3.8) is 0 Å². The second-order valence-electron chi connectivity index (χ2n) is 5.55. The summed E-state index contributed by atoms with van der Waals surface area (Å²) in [4.78, 5) is 0. The molecule has 0 aliphatic heterocycles. The quantitative estimate of drug-likeness (QED) is 0.861. The molecule has 0 aromatic carbocycles. The molecule has 2 N–H and O–H groups in total. The lowest BCUT2D eigenvalue weighted by Gasteiger charge is -2.11. The summed E-state index contributed by atoms with van der Waals surface area (Å²) < 4.78 is 28.2. The van der Waals surface area contributed by atoms with E-state index >= 15 is 0 Å². The standard InChI is InChI=1S/C14H22F2N2/c1-2-13(17)7-11-4-6-18(9-11)10-12-3-5-14(15,16)8-12/h4,6,9,12-13H,2-3,5,7-8,10,17H2,1H3. The second-order valence-corrected chi connectivity index (χ2v) is 5.55. The van der Waals surface area contributed by atoms with Gasteiger partial charge in [-0.05, 0) is 36.8 Å². The molecule has 4 heteroatoms. The molecule has 102 valence electrons. The van der Waals surface area contributed by atoms with Gasteiger partial charge in [0.25, 0.3) is 0 Å². The molecule has 2 nitrogen and oxygen atoms in total. The minimum atomic E-state index is -2.44. The average Bonchev–Trinajstić information content (AvgIpc) is 2.86. The van der Waals surface area contributed by atoms with Crippen molar-refractivity contribution in [1.82, 2.24) is 4.57 Å². The van der Waals surface area contributed by atoms with Gasteiger partial charge in [-0.1, -0.05) is 6.92 Å². The van der Waals surface area contributed by atoms with Crippen LogP contribution in [0.25, 0.3) is 0 Å². The Balaban J connectivity index is 1.87. The van der Waals surface area contributed by atoms with Gasteiger partial charge in [-0.15, -0.1) is 0 Å². The van der Waals surface area contributed by atoms with Crippen molar-refractivity contribution in [2.24, 2.45) is 11.7 Å². The highest BCUT2D eigenvalue weighted by Crippen LogP contribution is 2.39. The van der Waals surface area contributed by atoms with Gasteiger partial charge in [0, 0.05) is 37.8 Å². The molecule has 1 heterocycles. The first kappa shape index (κ1) is 13.5. The fraction of sp³-hybridized carbons (Fsp3) is 0.714. The predicted molar refractivity (Wildman–Crippen MR) is 68.7 cm³/mol. The van der Waals surface area contributed by atoms with Crippen LogP contribution < -0.4 is 5.73 Å². The van der Waals surface area contributed by atoms with Gasteiger partial charge in [0.2, 0.25) is 5.92 Å². The Morgan fingerprint density at radius 1 is 1.56 bits per heavy atom. The van der Waals surface area contributed by atoms with E-state index in [1.54, 1.807) is 0 Å². The summed E-state index contributed by atoms with van der Waals surface area (Å²) in [6.07, 6.45) is 6.57. The molecule has 1 aliphatic rings. The van der Waals surface area contributed by atoms with E-state index in [9.17, 15) is 8.78 Å². The van der Waals surface area contributed by atoms with Crippen molar-refractivity contribution in [1.29, 1.82) is 0 Å². The van der Waals surface area contributed by atoms with Crippen LogP contribution in [-0.2, 0) is 13.0 Å². The van der Waals surface area contributed by atoms with E-state index in [0.29, 0.717) is 13.0 Å². The van der Waals surface area contributed by atoms with Crippen LogP contribution in [0, 0.1) is 5.92 Å². The van der Waals surface area contributed by atoms with Gasteiger partial charge in [-0.25, -0.2) is 8.78 Å². The molecule has 1 aliphatic carbocycles. The van der Waals surface area contributed by atoms with Crippen LogP contribution in [0.1, 0.15) is 38.2 Å². The SMILES string of the molecule is CCC(N)Cc1ccn(CC2CCC(F)(F)C2)c1. The van der Waals surface area contributed by atoms with Gasteiger partial charge in [0.15, 0.2) is 0 Å². The van der Waals surface area contributed by atoms with Crippen molar-refractivity contribution < 1.29 is 8.78 Å². The third kappa shape index (κ3) is 3.55. The Kier molecular flexibility index (Phi) is 4.05. The summed E-state index contributed by atoms with van der Waals surface area (Å²) in [6.45, 7) is 2.78. The van der Waals surface area contributed by atoms with Gasteiger partial charge in [0.1, 0.15) is 0 Å². The van der Waals surface area contributed by atoms with E-state index in [0.717, 1.165) is 12.8 Å². The van der Waals surface area contributed by atoms with Crippen LogP contribution in [0.3, 0.4) is 0 Å². The van der Waals surface area contributed by atoms with Gasteiger partial charge in [-0.2, -0.15) is 0 Å². The zero-order valence-corrected chi connectivity index (χ0v) is 10.9. The van der Waals surface area contributed by atoms with E-state index in [1.807, 2.05) is 23.0 Å². The van der Waals surface area contributed by atoms with Crippen LogP contribution in [0.4, 0.5) is 8.78 Å². The Labute approximate surface area is 107 Å². The first-order valence-corrected chi connectivity index (χ1v) is 6.76. The molecule has 1 aromatic heterocycles. The Bertz CT molecular complexity index is 387. The lowest BCUT2D eigenvalue weighted by atomic mass is 10.1. The van der Waals surface area contributed by atoms with Crippen LogP contribution in [0.5, 0.6) is 0 Å². The number of hydrogen-bond acceptors (Lipinski definition) is 1. The third-order valence-electron chi connectivity index (χ3n) is 3.81. The Morgan fingerprint density at radius 2 is 2.33 bits per heavy atom. The summed E-state index contributed by atoms with van der Waals surface area (Å²) in [5.41, 5.74) is 7.11. The zero-order chi connectivity index (χ0) is 13.2. The molecule has 1 fully saturated rings.